The molecule has 0 bridgehead atoms. The zero-order valence-electron chi connectivity index (χ0n) is 22.8. The normalized spacial score (nSPS) is 12.5. The van der Waals surface area contributed by atoms with Crippen LogP contribution >= 0.6 is 0 Å². The highest BCUT2D eigenvalue weighted by Crippen LogP contribution is 2.43. The van der Waals surface area contributed by atoms with Gasteiger partial charge in [-0.05, 0) is 22.9 Å². The number of aliphatic carboxylic acids is 2. The van der Waals surface area contributed by atoms with Crippen LogP contribution in [-0.4, -0.2) is 62.2 Å². The molecular weight excluding hydrogens is 520 g/mol. The van der Waals surface area contributed by atoms with Gasteiger partial charge in [0.2, 0.25) is 0 Å². The summed E-state index contributed by atoms with van der Waals surface area (Å²) in [5.41, 5.74) is 5.70. The molecule has 0 radical (unpaired) electrons. The first kappa shape index (κ1) is 29.5. The molecule has 0 fully saturated rings. The zero-order chi connectivity index (χ0) is 29.4. The number of aliphatic hydroxyl groups excluding tert-OH is 2. The van der Waals surface area contributed by atoms with Crippen molar-refractivity contribution in [2.24, 2.45) is 0 Å². The van der Waals surface area contributed by atoms with Gasteiger partial charge in [-0.2, -0.15) is 0 Å². The van der Waals surface area contributed by atoms with E-state index in [0.717, 1.165) is 28.8 Å². The van der Waals surface area contributed by atoms with Crippen LogP contribution in [0.5, 0.6) is 0 Å². The van der Waals surface area contributed by atoms with Crippen molar-refractivity contribution in [1.82, 2.24) is 9.88 Å². The van der Waals surface area contributed by atoms with Gasteiger partial charge in [0, 0.05) is 28.9 Å². The smallest absolute Gasteiger partial charge is 0.414 e. The molecule has 1 heterocycles. The second-order valence-corrected chi connectivity index (χ2v) is 9.71. The number of carboxylic acid groups (broad SMARTS) is 2. The summed E-state index contributed by atoms with van der Waals surface area (Å²) >= 11 is 0. The number of benzene rings is 4. The first-order valence-corrected chi connectivity index (χ1v) is 13.5. The second kappa shape index (κ2) is 13.7. The molecule has 5 aromatic rings. The molecule has 0 saturated carbocycles. The molecule has 2 atom stereocenters. The second-order valence-electron chi connectivity index (χ2n) is 9.71. The SMILES string of the molecule is CCC(CO)NCC(O)Cn1c(-c2ccccc2)c(-c2ccccc2)c2ccc3ccccc3c21.O=C(O)C(=O)O. The van der Waals surface area contributed by atoms with Crippen LogP contribution in [0.2, 0.25) is 0 Å². The van der Waals surface area contributed by atoms with Crippen LogP contribution in [0, 0.1) is 0 Å². The molecule has 0 aliphatic heterocycles. The fraction of sp³-hybridized carbons (Fsp3) is 0.212. The van der Waals surface area contributed by atoms with E-state index in [2.05, 4.69) is 94.8 Å². The quantitative estimate of drug-likeness (QED) is 0.162. The maximum atomic E-state index is 11.2. The van der Waals surface area contributed by atoms with Crippen molar-refractivity contribution in [3.8, 4) is 22.4 Å². The molecule has 0 aliphatic carbocycles. The molecule has 5 N–H and O–H groups in total. The fourth-order valence-electron chi connectivity index (χ4n) is 5.01. The Morgan fingerprint density at radius 3 is 1.95 bits per heavy atom. The molecule has 5 rings (SSSR count). The number of rotatable bonds is 9. The van der Waals surface area contributed by atoms with Gasteiger partial charge in [0.15, 0.2) is 0 Å². The number of carbonyl (C=O) groups is 2. The molecular formula is C33H34N2O6. The zero-order valence-corrected chi connectivity index (χ0v) is 22.8. The van der Waals surface area contributed by atoms with Gasteiger partial charge in [0.05, 0.1) is 30.5 Å². The van der Waals surface area contributed by atoms with Gasteiger partial charge in [0.25, 0.3) is 0 Å². The molecule has 0 amide bonds. The van der Waals surface area contributed by atoms with Crippen molar-refractivity contribution in [2.45, 2.75) is 32.0 Å². The van der Waals surface area contributed by atoms with Crippen molar-refractivity contribution in [1.29, 1.82) is 0 Å². The monoisotopic (exact) mass is 554 g/mol. The van der Waals surface area contributed by atoms with E-state index < -0.39 is 18.0 Å². The molecule has 0 spiro atoms. The van der Waals surface area contributed by atoms with Gasteiger partial charge in [-0.1, -0.05) is 104 Å². The number of nitrogens with zero attached hydrogens (tertiary/aromatic N) is 1. The van der Waals surface area contributed by atoms with Gasteiger partial charge < -0.3 is 30.3 Å². The van der Waals surface area contributed by atoms with Crippen molar-refractivity contribution in [3.05, 3.63) is 97.1 Å². The van der Waals surface area contributed by atoms with Crippen LogP contribution in [0.3, 0.4) is 0 Å². The lowest BCUT2D eigenvalue weighted by Gasteiger charge is -2.20. The van der Waals surface area contributed by atoms with E-state index in [1.54, 1.807) is 0 Å². The lowest BCUT2D eigenvalue weighted by molar-refractivity contribution is -0.159. The average molecular weight is 555 g/mol. The van der Waals surface area contributed by atoms with Crippen LogP contribution in [0.25, 0.3) is 44.1 Å². The number of aromatic nitrogens is 1. The summed E-state index contributed by atoms with van der Waals surface area (Å²) < 4.78 is 2.29. The van der Waals surface area contributed by atoms with Crippen molar-refractivity contribution in [2.75, 3.05) is 13.2 Å². The van der Waals surface area contributed by atoms with Crippen LogP contribution in [0.4, 0.5) is 0 Å². The Morgan fingerprint density at radius 2 is 1.37 bits per heavy atom. The molecule has 1 aromatic heterocycles. The van der Waals surface area contributed by atoms with E-state index in [9.17, 15) is 10.2 Å². The molecule has 0 saturated heterocycles. The Hall–Kier alpha value is -4.50. The number of aliphatic hydroxyl groups is 2. The third kappa shape index (κ3) is 6.81. The van der Waals surface area contributed by atoms with Crippen molar-refractivity contribution < 1.29 is 30.0 Å². The highest BCUT2D eigenvalue weighted by molar-refractivity contribution is 6.27. The number of hydrogen-bond donors (Lipinski definition) is 5. The molecule has 4 aromatic carbocycles. The van der Waals surface area contributed by atoms with Crippen LogP contribution in [0.1, 0.15) is 13.3 Å². The number of nitrogens with one attached hydrogen (secondary N) is 1. The third-order valence-electron chi connectivity index (χ3n) is 6.99. The minimum Gasteiger partial charge on any atom is -0.473 e. The maximum Gasteiger partial charge on any atom is 0.414 e. The summed E-state index contributed by atoms with van der Waals surface area (Å²) in [6.07, 6.45) is 0.199. The lowest BCUT2D eigenvalue weighted by Crippen LogP contribution is -2.39. The summed E-state index contributed by atoms with van der Waals surface area (Å²) in [4.78, 5) is 18.2. The Kier molecular flexibility index (Phi) is 9.86. The van der Waals surface area contributed by atoms with E-state index in [4.69, 9.17) is 19.8 Å². The first-order valence-electron chi connectivity index (χ1n) is 13.5. The van der Waals surface area contributed by atoms with Crippen LogP contribution in [0.15, 0.2) is 97.1 Å². The van der Waals surface area contributed by atoms with Crippen LogP contribution < -0.4 is 5.32 Å². The van der Waals surface area contributed by atoms with Gasteiger partial charge in [-0.3, -0.25) is 0 Å². The highest BCUT2D eigenvalue weighted by Gasteiger charge is 2.23. The average Bonchev–Trinajstić information content (AvgIpc) is 3.33. The summed E-state index contributed by atoms with van der Waals surface area (Å²) in [5.74, 6) is -3.65. The molecule has 212 valence electrons. The Morgan fingerprint density at radius 1 is 0.780 bits per heavy atom. The lowest BCUT2D eigenvalue weighted by atomic mass is 9.97. The van der Waals surface area contributed by atoms with E-state index in [1.165, 1.54) is 21.7 Å². The number of hydrogen-bond acceptors (Lipinski definition) is 5. The Balaban J connectivity index is 0.000000585. The van der Waals surface area contributed by atoms with E-state index >= 15 is 0 Å². The summed E-state index contributed by atoms with van der Waals surface area (Å²) in [6.45, 7) is 2.95. The minimum absolute atomic E-state index is 0.0136. The van der Waals surface area contributed by atoms with Crippen molar-refractivity contribution >= 4 is 33.6 Å². The van der Waals surface area contributed by atoms with Gasteiger partial charge >= 0.3 is 11.9 Å². The standard InChI is InChI=1S/C31H32N2O2.C2H2O4/c1-2-25(21-34)32-19-26(35)20-33-30(24-14-7-4-8-15-24)29(23-12-5-3-6-13-23)28-18-17-22-11-9-10-16-27(22)31(28)33;3-1(4)2(5)6/h3-18,25-26,32,34-35H,2,19-21H2,1H3;(H,3,4)(H,5,6). The minimum atomic E-state index is -1.82. The van der Waals surface area contributed by atoms with Gasteiger partial charge in [-0.25, -0.2) is 9.59 Å². The topological polar surface area (TPSA) is 132 Å². The Labute approximate surface area is 238 Å². The molecule has 8 heteroatoms. The number of fused-ring (bicyclic) bond motifs is 3. The summed E-state index contributed by atoms with van der Waals surface area (Å²) in [7, 11) is 0. The third-order valence-corrected chi connectivity index (χ3v) is 6.99. The molecule has 0 aliphatic rings. The van der Waals surface area contributed by atoms with E-state index in [-0.39, 0.29) is 12.6 Å². The molecule has 8 nitrogen and oxygen atoms in total. The predicted molar refractivity (Wildman–Crippen MR) is 161 cm³/mol. The Bertz CT molecular complexity index is 1600. The number of carboxylic acids is 2. The van der Waals surface area contributed by atoms with Gasteiger partial charge in [0.1, 0.15) is 0 Å². The first-order chi connectivity index (χ1) is 19.8. The summed E-state index contributed by atoms with van der Waals surface area (Å²) in [5, 5.41) is 42.3. The van der Waals surface area contributed by atoms with E-state index in [1.807, 2.05) is 19.1 Å². The molecule has 41 heavy (non-hydrogen) atoms. The maximum absolute atomic E-state index is 11.2. The van der Waals surface area contributed by atoms with Crippen LogP contribution in [-0.2, 0) is 16.1 Å². The van der Waals surface area contributed by atoms with Gasteiger partial charge in [-0.15, -0.1) is 0 Å². The predicted octanol–water partition coefficient (Wildman–Crippen LogP) is 5.01. The van der Waals surface area contributed by atoms with Crippen molar-refractivity contribution in [3.63, 3.8) is 0 Å². The highest BCUT2D eigenvalue weighted by atomic mass is 16.4. The fourth-order valence-corrected chi connectivity index (χ4v) is 5.01. The largest absolute Gasteiger partial charge is 0.473 e. The summed E-state index contributed by atoms with van der Waals surface area (Å²) in [6, 6.07) is 33.8. The van der Waals surface area contributed by atoms with E-state index in [0.29, 0.717) is 13.1 Å². The molecule has 2 unspecified atom stereocenters.